The highest BCUT2D eigenvalue weighted by atomic mass is 35.5. The molecule has 0 amide bonds. The van der Waals surface area contributed by atoms with Crippen LogP contribution in [0.2, 0.25) is 5.02 Å². The first-order valence-electron chi connectivity index (χ1n) is 3.72. The van der Waals surface area contributed by atoms with Crippen molar-refractivity contribution in [1.29, 1.82) is 0 Å². The fourth-order valence-corrected chi connectivity index (χ4v) is 1.92. The number of hydrogen-bond acceptors (Lipinski definition) is 4. The topological polar surface area (TPSA) is 80.4 Å². The van der Waals surface area contributed by atoms with E-state index in [0.29, 0.717) is 4.90 Å². The molecule has 80 valence electrons. The molecule has 0 saturated carbocycles. The maximum atomic E-state index is 10.8. The smallest absolute Gasteiger partial charge is 0.337 e. The highest BCUT2D eigenvalue weighted by molar-refractivity contribution is 7.98. The molecule has 0 unspecified atom stereocenters. The van der Waals surface area contributed by atoms with Gasteiger partial charge in [-0.05, 0) is 12.3 Å². The molecule has 0 atom stereocenters. The monoisotopic (exact) mass is 247 g/mol. The third kappa shape index (κ3) is 2.40. The van der Waals surface area contributed by atoms with Gasteiger partial charge in [-0.25, -0.2) is 4.79 Å². The maximum absolute atomic E-state index is 10.8. The predicted octanol–water partition coefficient (Wildman–Crippen LogP) is 2.67. The summed E-state index contributed by atoms with van der Waals surface area (Å²) in [5, 5.41) is 19.3. The lowest BCUT2D eigenvalue weighted by atomic mass is 10.2. The summed E-state index contributed by atoms with van der Waals surface area (Å²) in [7, 11) is 0. The lowest BCUT2D eigenvalue weighted by molar-refractivity contribution is -0.384. The van der Waals surface area contributed by atoms with E-state index in [4.69, 9.17) is 16.7 Å². The summed E-state index contributed by atoms with van der Waals surface area (Å²) < 4.78 is 0. The van der Waals surface area contributed by atoms with Crippen molar-refractivity contribution >= 4 is 35.0 Å². The van der Waals surface area contributed by atoms with Gasteiger partial charge in [0.15, 0.2) is 0 Å². The Morgan fingerprint density at radius 3 is 2.60 bits per heavy atom. The summed E-state index contributed by atoms with van der Waals surface area (Å²) in [6.45, 7) is 0. The van der Waals surface area contributed by atoms with E-state index in [9.17, 15) is 14.9 Å². The van der Waals surface area contributed by atoms with Gasteiger partial charge in [0.25, 0.3) is 5.69 Å². The molecular weight excluding hydrogens is 242 g/mol. The van der Waals surface area contributed by atoms with Gasteiger partial charge >= 0.3 is 5.97 Å². The van der Waals surface area contributed by atoms with Crippen molar-refractivity contribution in [3.8, 4) is 0 Å². The molecule has 0 aromatic heterocycles. The average Bonchev–Trinajstić information content (AvgIpc) is 2.16. The summed E-state index contributed by atoms with van der Waals surface area (Å²) in [5.74, 6) is -1.21. The number of thioether (sulfide) groups is 1. The molecule has 7 heteroatoms. The molecule has 0 heterocycles. The van der Waals surface area contributed by atoms with Crippen LogP contribution in [0.1, 0.15) is 10.4 Å². The first kappa shape index (κ1) is 11.8. The van der Waals surface area contributed by atoms with Gasteiger partial charge in [-0.3, -0.25) is 10.1 Å². The molecule has 0 fully saturated rings. The number of aromatic carboxylic acids is 1. The summed E-state index contributed by atoms with van der Waals surface area (Å²) in [5.41, 5.74) is -0.509. The zero-order valence-electron chi connectivity index (χ0n) is 7.56. The summed E-state index contributed by atoms with van der Waals surface area (Å²) >= 11 is 6.80. The Balaban J connectivity index is 3.43. The first-order valence-corrected chi connectivity index (χ1v) is 5.33. The second-order valence-corrected chi connectivity index (χ2v) is 3.82. The Morgan fingerprint density at radius 2 is 2.20 bits per heavy atom. The Bertz CT molecular complexity index is 435. The number of nitrogens with zero attached hydrogens (tertiary/aromatic N) is 1. The average molecular weight is 248 g/mol. The van der Waals surface area contributed by atoms with E-state index in [-0.39, 0.29) is 10.6 Å². The normalized spacial score (nSPS) is 10.0. The fourth-order valence-electron chi connectivity index (χ4n) is 1.02. The molecule has 0 aliphatic carbocycles. The molecule has 0 aliphatic heterocycles. The van der Waals surface area contributed by atoms with E-state index in [2.05, 4.69) is 0 Å². The molecule has 0 aliphatic rings. The number of carboxylic acid groups (broad SMARTS) is 1. The van der Waals surface area contributed by atoms with Gasteiger partial charge in [-0.2, -0.15) is 0 Å². The van der Waals surface area contributed by atoms with E-state index < -0.39 is 16.6 Å². The molecule has 1 rings (SSSR count). The van der Waals surface area contributed by atoms with Crippen LogP contribution in [0.25, 0.3) is 0 Å². The van der Waals surface area contributed by atoms with Crippen LogP contribution in [0.5, 0.6) is 0 Å². The van der Waals surface area contributed by atoms with Crippen LogP contribution in [-0.2, 0) is 0 Å². The number of halogens is 1. The Kier molecular flexibility index (Phi) is 3.54. The second-order valence-electron chi connectivity index (χ2n) is 2.57. The minimum Gasteiger partial charge on any atom is -0.478 e. The minimum atomic E-state index is -1.21. The summed E-state index contributed by atoms with van der Waals surface area (Å²) in [4.78, 5) is 21.0. The van der Waals surface area contributed by atoms with Crippen LogP contribution in [0.4, 0.5) is 5.69 Å². The first-order chi connectivity index (χ1) is 6.97. The second kappa shape index (κ2) is 4.50. The molecule has 0 bridgehead atoms. The summed E-state index contributed by atoms with van der Waals surface area (Å²) in [6.07, 6.45) is 1.67. The standard InChI is InChI=1S/C8H6ClNO4S/c1-15-7-3-5(9)6(10(13)14)2-4(7)8(11)12/h2-3H,1H3,(H,11,12). The van der Waals surface area contributed by atoms with Crippen molar-refractivity contribution in [3.63, 3.8) is 0 Å². The number of carboxylic acids is 1. The van der Waals surface area contributed by atoms with Crippen molar-refractivity contribution in [1.82, 2.24) is 0 Å². The van der Waals surface area contributed by atoms with Crippen LogP contribution in [0, 0.1) is 10.1 Å². The lowest BCUT2D eigenvalue weighted by Gasteiger charge is -2.03. The number of carbonyl (C=O) groups is 1. The van der Waals surface area contributed by atoms with Gasteiger partial charge in [0, 0.05) is 11.0 Å². The number of hydrogen-bond donors (Lipinski definition) is 1. The molecular formula is C8H6ClNO4S. The zero-order valence-corrected chi connectivity index (χ0v) is 9.13. The number of nitro groups is 1. The highest BCUT2D eigenvalue weighted by Crippen LogP contribution is 2.32. The van der Waals surface area contributed by atoms with Crippen molar-refractivity contribution < 1.29 is 14.8 Å². The molecule has 1 aromatic rings. The van der Waals surface area contributed by atoms with Crippen molar-refractivity contribution in [2.45, 2.75) is 4.90 Å². The van der Waals surface area contributed by atoms with Gasteiger partial charge in [0.1, 0.15) is 5.02 Å². The van der Waals surface area contributed by atoms with Gasteiger partial charge in [0.05, 0.1) is 10.5 Å². The van der Waals surface area contributed by atoms with Crippen LogP contribution in [-0.4, -0.2) is 22.3 Å². The predicted molar refractivity (Wildman–Crippen MR) is 56.8 cm³/mol. The van der Waals surface area contributed by atoms with Gasteiger partial charge in [-0.1, -0.05) is 11.6 Å². The SMILES string of the molecule is CSc1cc(Cl)c([N+](=O)[O-])cc1C(=O)O. The molecule has 1 aromatic carbocycles. The maximum Gasteiger partial charge on any atom is 0.337 e. The molecule has 15 heavy (non-hydrogen) atoms. The Hall–Kier alpha value is -1.27. The highest BCUT2D eigenvalue weighted by Gasteiger charge is 2.19. The number of rotatable bonds is 3. The van der Waals surface area contributed by atoms with E-state index in [1.54, 1.807) is 6.26 Å². The molecule has 0 saturated heterocycles. The number of benzene rings is 1. The quantitative estimate of drug-likeness (QED) is 0.505. The molecule has 1 N–H and O–H groups in total. The Labute approximate surface area is 94.2 Å². The van der Waals surface area contributed by atoms with Crippen molar-refractivity contribution in [2.75, 3.05) is 6.26 Å². The van der Waals surface area contributed by atoms with Gasteiger partial charge in [-0.15, -0.1) is 11.8 Å². The minimum absolute atomic E-state index is 0.0608. The fraction of sp³-hybridized carbons (Fsp3) is 0.125. The Morgan fingerprint density at radius 1 is 1.60 bits per heavy atom. The molecule has 0 spiro atoms. The number of nitro benzene ring substituents is 1. The van der Waals surface area contributed by atoms with E-state index in [1.807, 2.05) is 0 Å². The van der Waals surface area contributed by atoms with Gasteiger partial charge < -0.3 is 5.11 Å². The van der Waals surface area contributed by atoms with Crippen molar-refractivity contribution in [2.24, 2.45) is 0 Å². The third-order valence-electron chi connectivity index (χ3n) is 1.70. The van der Waals surface area contributed by atoms with Crippen LogP contribution < -0.4 is 0 Å². The van der Waals surface area contributed by atoms with Crippen molar-refractivity contribution in [3.05, 3.63) is 32.8 Å². The van der Waals surface area contributed by atoms with Crippen LogP contribution >= 0.6 is 23.4 Å². The lowest BCUT2D eigenvalue weighted by Crippen LogP contribution is -2.01. The molecule has 5 nitrogen and oxygen atoms in total. The van der Waals surface area contributed by atoms with Gasteiger partial charge in [0.2, 0.25) is 0 Å². The third-order valence-corrected chi connectivity index (χ3v) is 2.78. The zero-order chi connectivity index (χ0) is 11.6. The van der Waals surface area contributed by atoms with Crippen LogP contribution in [0.15, 0.2) is 17.0 Å². The largest absolute Gasteiger partial charge is 0.478 e. The van der Waals surface area contributed by atoms with Crippen LogP contribution in [0.3, 0.4) is 0 Å². The van der Waals surface area contributed by atoms with E-state index in [1.165, 1.54) is 17.8 Å². The van der Waals surface area contributed by atoms with E-state index in [0.717, 1.165) is 6.07 Å². The molecule has 0 radical (unpaired) electrons. The summed E-state index contributed by atoms with van der Waals surface area (Å²) in [6, 6.07) is 2.25. The van der Waals surface area contributed by atoms with E-state index >= 15 is 0 Å².